The van der Waals surface area contributed by atoms with Crippen molar-refractivity contribution in [3.8, 4) is 0 Å². The molecule has 0 radical (unpaired) electrons. The summed E-state index contributed by atoms with van der Waals surface area (Å²) in [5.74, 6) is 0.428. The summed E-state index contributed by atoms with van der Waals surface area (Å²) < 4.78 is 5.41. The molecule has 4 heteroatoms. The second-order valence-corrected chi connectivity index (χ2v) is 5.25. The molecule has 0 bridgehead atoms. The van der Waals surface area contributed by atoms with Crippen LogP contribution in [0.3, 0.4) is 0 Å². The zero-order valence-electron chi connectivity index (χ0n) is 11.6. The van der Waals surface area contributed by atoms with E-state index in [9.17, 15) is 4.79 Å². The number of hydrogen-bond donors (Lipinski definition) is 1. The zero-order valence-corrected chi connectivity index (χ0v) is 11.6. The fraction of sp³-hybridized carbons (Fsp3) is 0.533. The molecule has 1 atom stereocenters. The van der Waals surface area contributed by atoms with Crippen molar-refractivity contribution in [3.05, 3.63) is 35.9 Å². The van der Waals surface area contributed by atoms with Crippen LogP contribution in [0.15, 0.2) is 30.3 Å². The van der Waals surface area contributed by atoms with Crippen molar-refractivity contribution in [2.24, 2.45) is 5.92 Å². The Kier molecular flexibility index (Phi) is 4.80. The summed E-state index contributed by atoms with van der Waals surface area (Å²) in [5.41, 5.74) is 1.02. The molecule has 1 aliphatic rings. The molecule has 0 aromatic heterocycles. The number of hydrogen-bond acceptors (Lipinski definition) is 3. The van der Waals surface area contributed by atoms with Crippen molar-refractivity contribution in [2.75, 3.05) is 19.6 Å². The lowest BCUT2D eigenvalue weighted by Crippen LogP contribution is -2.55. The van der Waals surface area contributed by atoms with E-state index in [0.29, 0.717) is 12.5 Å². The Hall–Kier alpha value is -1.55. The fourth-order valence-corrected chi connectivity index (χ4v) is 2.35. The van der Waals surface area contributed by atoms with Crippen molar-refractivity contribution >= 4 is 6.09 Å². The van der Waals surface area contributed by atoms with Crippen molar-refractivity contribution < 1.29 is 9.53 Å². The van der Waals surface area contributed by atoms with Gasteiger partial charge in [-0.15, -0.1) is 0 Å². The Morgan fingerprint density at radius 2 is 2.16 bits per heavy atom. The quantitative estimate of drug-likeness (QED) is 0.908. The van der Waals surface area contributed by atoms with E-state index < -0.39 is 0 Å². The molecule has 19 heavy (non-hydrogen) atoms. The molecule has 1 aromatic carbocycles. The monoisotopic (exact) mass is 262 g/mol. The molecule has 1 aliphatic heterocycles. The Labute approximate surface area is 114 Å². The van der Waals surface area contributed by atoms with Gasteiger partial charge in [0.15, 0.2) is 0 Å². The number of piperazine rings is 1. The number of ether oxygens (including phenoxy) is 1. The van der Waals surface area contributed by atoms with E-state index in [1.165, 1.54) is 0 Å². The summed E-state index contributed by atoms with van der Waals surface area (Å²) in [5, 5.41) is 3.33. The van der Waals surface area contributed by atoms with Gasteiger partial charge in [-0.05, 0) is 11.5 Å². The molecule has 2 rings (SSSR count). The van der Waals surface area contributed by atoms with E-state index in [0.717, 1.165) is 25.2 Å². The minimum atomic E-state index is -0.205. The van der Waals surface area contributed by atoms with Crippen LogP contribution in [0, 0.1) is 5.92 Å². The van der Waals surface area contributed by atoms with Crippen molar-refractivity contribution in [3.63, 3.8) is 0 Å². The lowest BCUT2D eigenvalue weighted by molar-refractivity contribution is 0.0612. The predicted octanol–water partition coefficient (Wildman–Crippen LogP) is 2.25. The molecule has 1 heterocycles. The third-order valence-corrected chi connectivity index (χ3v) is 3.49. The van der Waals surface area contributed by atoms with Crippen LogP contribution in [0.1, 0.15) is 19.4 Å². The number of benzene rings is 1. The highest BCUT2D eigenvalue weighted by Gasteiger charge is 2.29. The van der Waals surface area contributed by atoms with Crippen LogP contribution >= 0.6 is 0 Å². The second kappa shape index (κ2) is 6.57. The predicted molar refractivity (Wildman–Crippen MR) is 74.8 cm³/mol. The fourth-order valence-electron chi connectivity index (χ4n) is 2.35. The third kappa shape index (κ3) is 3.70. The zero-order chi connectivity index (χ0) is 13.7. The van der Waals surface area contributed by atoms with Gasteiger partial charge in [0.2, 0.25) is 0 Å². The molecule has 0 unspecified atom stereocenters. The second-order valence-electron chi connectivity index (χ2n) is 5.25. The molecular formula is C15H22N2O2. The number of rotatable bonds is 3. The molecule has 104 valence electrons. The number of nitrogens with one attached hydrogen (secondary N) is 1. The molecule has 1 fully saturated rings. The molecule has 1 amide bonds. The van der Waals surface area contributed by atoms with Gasteiger partial charge in [0.05, 0.1) is 0 Å². The Balaban J connectivity index is 1.91. The third-order valence-electron chi connectivity index (χ3n) is 3.49. The van der Waals surface area contributed by atoms with Gasteiger partial charge >= 0.3 is 6.09 Å². The summed E-state index contributed by atoms with van der Waals surface area (Å²) in [7, 11) is 0. The van der Waals surface area contributed by atoms with Gasteiger partial charge in [0.25, 0.3) is 0 Å². The Morgan fingerprint density at radius 1 is 1.42 bits per heavy atom. The van der Waals surface area contributed by atoms with Crippen LogP contribution in [0.5, 0.6) is 0 Å². The normalized spacial score (nSPS) is 19.5. The molecular weight excluding hydrogens is 240 g/mol. The van der Waals surface area contributed by atoms with Crippen LogP contribution in [0.2, 0.25) is 0 Å². The SMILES string of the molecule is CC(C)[C@H]1CNCCN1C(=O)OCc1ccccc1. The van der Waals surface area contributed by atoms with Crippen LogP contribution in [0.4, 0.5) is 4.79 Å². The first kappa shape index (κ1) is 13.9. The van der Waals surface area contributed by atoms with Gasteiger partial charge < -0.3 is 15.0 Å². The summed E-state index contributed by atoms with van der Waals surface area (Å²) in [4.78, 5) is 14.0. The van der Waals surface area contributed by atoms with Gasteiger partial charge in [-0.25, -0.2) is 4.79 Å². The van der Waals surface area contributed by atoms with Crippen molar-refractivity contribution in [1.29, 1.82) is 0 Å². The molecule has 1 aromatic rings. The van der Waals surface area contributed by atoms with Crippen LogP contribution < -0.4 is 5.32 Å². The highest BCUT2D eigenvalue weighted by molar-refractivity contribution is 5.68. The number of carbonyl (C=O) groups is 1. The van der Waals surface area contributed by atoms with Gasteiger partial charge in [-0.3, -0.25) is 0 Å². The first-order valence-corrected chi connectivity index (χ1v) is 6.86. The summed E-state index contributed by atoms with van der Waals surface area (Å²) in [6, 6.07) is 10.00. The number of nitrogens with zero attached hydrogens (tertiary/aromatic N) is 1. The maximum atomic E-state index is 12.2. The molecule has 0 spiro atoms. The van der Waals surface area contributed by atoms with Crippen LogP contribution in [-0.2, 0) is 11.3 Å². The van der Waals surface area contributed by atoms with Crippen LogP contribution in [0.25, 0.3) is 0 Å². The average Bonchev–Trinajstić information content (AvgIpc) is 2.46. The van der Waals surface area contributed by atoms with Gasteiger partial charge in [-0.2, -0.15) is 0 Å². The molecule has 4 nitrogen and oxygen atoms in total. The Morgan fingerprint density at radius 3 is 2.84 bits per heavy atom. The van der Waals surface area contributed by atoms with Gasteiger partial charge in [0.1, 0.15) is 6.61 Å². The lowest BCUT2D eigenvalue weighted by Gasteiger charge is -2.37. The van der Waals surface area contributed by atoms with E-state index in [-0.39, 0.29) is 12.1 Å². The minimum absolute atomic E-state index is 0.205. The maximum Gasteiger partial charge on any atom is 0.410 e. The maximum absolute atomic E-state index is 12.2. The topological polar surface area (TPSA) is 41.6 Å². The largest absolute Gasteiger partial charge is 0.445 e. The van der Waals surface area contributed by atoms with E-state index in [2.05, 4.69) is 19.2 Å². The number of amides is 1. The standard InChI is InChI=1S/C15H22N2O2/c1-12(2)14-10-16-8-9-17(14)15(18)19-11-13-6-4-3-5-7-13/h3-7,12,14,16H,8-11H2,1-2H3/t14-/m1/s1. The molecule has 1 N–H and O–H groups in total. The van der Waals surface area contributed by atoms with E-state index in [4.69, 9.17) is 4.74 Å². The lowest BCUT2D eigenvalue weighted by atomic mass is 10.0. The minimum Gasteiger partial charge on any atom is -0.445 e. The number of carbonyl (C=O) groups excluding carboxylic acids is 1. The van der Waals surface area contributed by atoms with E-state index >= 15 is 0 Å². The highest BCUT2D eigenvalue weighted by Crippen LogP contribution is 2.14. The summed E-state index contributed by atoms with van der Waals surface area (Å²) in [6.45, 7) is 7.01. The van der Waals surface area contributed by atoms with Gasteiger partial charge in [0, 0.05) is 25.7 Å². The van der Waals surface area contributed by atoms with E-state index in [1.54, 1.807) is 0 Å². The summed E-state index contributed by atoms with van der Waals surface area (Å²) >= 11 is 0. The van der Waals surface area contributed by atoms with Crippen molar-refractivity contribution in [1.82, 2.24) is 10.2 Å². The van der Waals surface area contributed by atoms with Crippen LogP contribution in [-0.4, -0.2) is 36.7 Å². The molecule has 0 saturated carbocycles. The molecule has 1 saturated heterocycles. The first-order valence-electron chi connectivity index (χ1n) is 6.86. The van der Waals surface area contributed by atoms with Crippen molar-refractivity contribution in [2.45, 2.75) is 26.5 Å². The average molecular weight is 262 g/mol. The van der Waals surface area contributed by atoms with Gasteiger partial charge in [-0.1, -0.05) is 44.2 Å². The highest BCUT2D eigenvalue weighted by atomic mass is 16.6. The molecule has 0 aliphatic carbocycles. The first-order chi connectivity index (χ1) is 9.18. The Bertz CT molecular complexity index is 406. The smallest absolute Gasteiger partial charge is 0.410 e. The van der Waals surface area contributed by atoms with E-state index in [1.807, 2.05) is 35.2 Å². The summed E-state index contributed by atoms with van der Waals surface area (Å²) in [6.07, 6.45) is -0.205.